The first-order valence-electron chi connectivity index (χ1n) is 6.72. The molecule has 0 bridgehead atoms. The highest BCUT2D eigenvalue weighted by molar-refractivity contribution is 7.80. The Balaban J connectivity index is 2.13. The highest BCUT2D eigenvalue weighted by Crippen LogP contribution is 2.36. The average Bonchev–Trinajstić information content (AvgIpc) is 2.48. The van der Waals surface area contributed by atoms with E-state index in [-0.39, 0.29) is 21.6 Å². The first-order chi connectivity index (χ1) is 11.2. The van der Waals surface area contributed by atoms with E-state index in [0.29, 0.717) is 11.3 Å². The molecule has 126 valence electrons. The van der Waals surface area contributed by atoms with Gasteiger partial charge in [-0.05, 0) is 49.5 Å². The van der Waals surface area contributed by atoms with Gasteiger partial charge in [-0.15, -0.1) is 0 Å². The lowest BCUT2D eigenvalue weighted by Crippen LogP contribution is -2.19. The van der Waals surface area contributed by atoms with Crippen LogP contribution in [0.5, 0.6) is 0 Å². The van der Waals surface area contributed by atoms with E-state index in [2.05, 4.69) is 10.6 Å². The van der Waals surface area contributed by atoms with E-state index in [0.717, 1.165) is 12.1 Å². The second kappa shape index (κ2) is 7.19. The van der Waals surface area contributed by atoms with Crippen LogP contribution in [0.4, 0.5) is 24.5 Å². The summed E-state index contributed by atoms with van der Waals surface area (Å²) in [5.74, 6) is -0.106. The number of hydrogen-bond donors (Lipinski definition) is 2. The molecular weight excluding hydrogens is 361 g/mol. The van der Waals surface area contributed by atoms with Gasteiger partial charge in [-0.3, -0.25) is 4.79 Å². The van der Waals surface area contributed by atoms with Gasteiger partial charge in [-0.1, -0.05) is 23.7 Å². The number of alkyl halides is 3. The highest BCUT2D eigenvalue weighted by atomic mass is 35.5. The van der Waals surface area contributed by atoms with Gasteiger partial charge in [0.25, 0.3) is 0 Å². The molecule has 0 radical (unpaired) electrons. The van der Waals surface area contributed by atoms with Crippen molar-refractivity contribution >= 4 is 46.1 Å². The van der Waals surface area contributed by atoms with E-state index in [4.69, 9.17) is 23.8 Å². The van der Waals surface area contributed by atoms with Crippen LogP contribution in [-0.4, -0.2) is 10.9 Å². The van der Waals surface area contributed by atoms with Crippen molar-refractivity contribution in [1.82, 2.24) is 0 Å². The number of halogens is 4. The van der Waals surface area contributed by atoms with Crippen LogP contribution in [0.2, 0.25) is 5.02 Å². The summed E-state index contributed by atoms with van der Waals surface area (Å²) in [7, 11) is 0. The molecule has 8 heteroatoms. The third kappa shape index (κ3) is 4.69. The topological polar surface area (TPSA) is 41.1 Å². The average molecular weight is 373 g/mol. The molecular formula is C16H12ClF3N2OS. The molecule has 24 heavy (non-hydrogen) atoms. The molecule has 3 nitrogen and oxygen atoms in total. The maximum Gasteiger partial charge on any atom is 0.417 e. The zero-order valence-corrected chi connectivity index (χ0v) is 13.9. The molecule has 0 aliphatic carbocycles. The lowest BCUT2D eigenvalue weighted by molar-refractivity contribution is -0.137. The minimum Gasteiger partial charge on any atom is -0.332 e. The second-order valence-electron chi connectivity index (χ2n) is 4.91. The predicted molar refractivity (Wildman–Crippen MR) is 92.7 cm³/mol. The van der Waals surface area contributed by atoms with Crippen molar-refractivity contribution in [3.8, 4) is 0 Å². The van der Waals surface area contributed by atoms with Crippen LogP contribution >= 0.6 is 23.8 Å². The molecule has 0 unspecified atom stereocenters. The molecule has 0 heterocycles. The van der Waals surface area contributed by atoms with Crippen LogP contribution < -0.4 is 10.6 Å². The number of rotatable bonds is 3. The van der Waals surface area contributed by atoms with Crippen molar-refractivity contribution in [2.45, 2.75) is 13.1 Å². The lowest BCUT2D eigenvalue weighted by atomic mass is 10.1. The van der Waals surface area contributed by atoms with Crippen molar-refractivity contribution in [3.05, 3.63) is 58.6 Å². The number of Topliss-reactive ketones (excluding diaryl/α,β-unsaturated/α-hetero) is 1. The molecule has 0 aromatic heterocycles. The number of hydrogen-bond acceptors (Lipinski definition) is 2. The van der Waals surface area contributed by atoms with Crippen molar-refractivity contribution in [1.29, 1.82) is 0 Å². The molecule has 2 N–H and O–H groups in total. The molecule has 0 saturated heterocycles. The summed E-state index contributed by atoms with van der Waals surface area (Å²) in [5, 5.41) is 5.17. The first-order valence-corrected chi connectivity index (χ1v) is 7.51. The Labute approximate surface area is 146 Å². The minimum absolute atomic E-state index is 0.0890. The lowest BCUT2D eigenvalue weighted by Gasteiger charge is -2.14. The number of ketones is 1. The normalized spacial score (nSPS) is 11.0. The number of carbonyl (C=O) groups excluding carboxylic acids is 1. The zero-order valence-electron chi connectivity index (χ0n) is 12.4. The van der Waals surface area contributed by atoms with Crippen LogP contribution in [0.1, 0.15) is 22.8 Å². The van der Waals surface area contributed by atoms with Crippen molar-refractivity contribution in [3.63, 3.8) is 0 Å². The van der Waals surface area contributed by atoms with E-state index < -0.39 is 11.7 Å². The highest BCUT2D eigenvalue weighted by Gasteiger charge is 2.33. The summed E-state index contributed by atoms with van der Waals surface area (Å²) in [5.41, 5.74) is 0.237. The number of benzene rings is 2. The van der Waals surface area contributed by atoms with Gasteiger partial charge < -0.3 is 10.6 Å². The minimum atomic E-state index is -4.56. The standard InChI is InChI=1S/C16H12ClF3N2OS/c1-9(23)10-3-2-4-11(7-10)21-15(24)22-12-5-6-14(17)13(8-12)16(18,19)20/h2-8H,1H3,(H2,21,22,24). The SMILES string of the molecule is CC(=O)c1cccc(NC(=S)Nc2ccc(Cl)c(C(F)(F)F)c2)c1. The Morgan fingerprint density at radius 2 is 1.71 bits per heavy atom. The Morgan fingerprint density at radius 3 is 2.29 bits per heavy atom. The summed E-state index contributed by atoms with van der Waals surface area (Å²) in [6.45, 7) is 1.43. The Hall–Kier alpha value is -2.12. The third-order valence-corrected chi connectivity index (χ3v) is 3.59. The van der Waals surface area contributed by atoms with Crippen molar-refractivity contribution in [2.75, 3.05) is 10.6 Å². The van der Waals surface area contributed by atoms with E-state index >= 15 is 0 Å². The summed E-state index contributed by atoms with van der Waals surface area (Å²) in [6.07, 6.45) is -4.56. The second-order valence-corrected chi connectivity index (χ2v) is 5.72. The number of carbonyl (C=O) groups is 1. The first kappa shape index (κ1) is 18.2. The van der Waals surface area contributed by atoms with Crippen LogP contribution in [0.15, 0.2) is 42.5 Å². The Morgan fingerprint density at radius 1 is 1.08 bits per heavy atom. The monoisotopic (exact) mass is 372 g/mol. The van der Waals surface area contributed by atoms with Gasteiger partial charge in [0.15, 0.2) is 10.9 Å². The smallest absolute Gasteiger partial charge is 0.332 e. The van der Waals surface area contributed by atoms with Crippen molar-refractivity contribution < 1.29 is 18.0 Å². The van der Waals surface area contributed by atoms with Gasteiger partial charge in [-0.2, -0.15) is 13.2 Å². The summed E-state index contributed by atoms with van der Waals surface area (Å²) >= 11 is 10.6. The third-order valence-electron chi connectivity index (χ3n) is 3.06. The van der Waals surface area contributed by atoms with Crippen molar-refractivity contribution in [2.24, 2.45) is 0 Å². The van der Waals surface area contributed by atoms with Gasteiger partial charge in [0.05, 0.1) is 10.6 Å². The maximum absolute atomic E-state index is 12.8. The Kier molecular flexibility index (Phi) is 5.46. The fourth-order valence-electron chi connectivity index (χ4n) is 1.93. The van der Waals surface area contributed by atoms with Gasteiger partial charge in [0.2, 0.25) is 0 Å². The number of anilines is 2. The predicted octanol–water partition coefficient (Wildman–Crippen LogP) is 5.37. The van der Waals surface area contributed by atoms with Gasteiger partial charge in [0, 0.05) is 16.9 Å². The summed E-state index contributed by atoms with van der Waals surface area (Å²) < 4.78 is 38.5. The fourth-order valence-corrected chi connectivity index (χ4v) is 2.39. The maximum atomic E-state index is 12.8. The van der Waals surface area contributed by atoms with Gasteiger partial charge in [0.1, 0.15) is 0 Å². The molecule has 0 aliphatic heterocycles. The van der Waals surface area contributed by atoms with E-state index in [1.807, 2.05) is 0 Å². The quantitative estimate of drug-likeness (QED) is 0.561. The van der Waals surface area contributed by atoms with Gasteiger partial charge in [-0.25, -0.2) is 0 Å². The molecule has 0 atom stereocenters. The molecule has 0 fully saturated rings. The Bertz CT molecular complexity index is 793. The number of nitrogens with one attached hydrogen (secondary N) is 2. The summed E-state index contributed by atoms with van der Waals surface area (Å²) in [4.78, 5) is 11.3. The molecule has 2 aromatic carbocycles. The number of thiocarbonyl (C=S) groups is 1. The van der Waals surface area contributed by atoms with Crippen LogP contribution in [0.3, 0.4) is 0 Å². The molecule has 0 saturated carbocycles. The van der Waals surface area contributed by atoms with E-state index in [1.165, 1.54) is 13.0 Å². The molecule has 0 amide bonds. The van der Waals surface area contributed by atoms with Crippen LogP contribution in [0, 0.1) is 0 Å². The van der Waals surface area contributed by atoms with E-state index in [9.17, 15) is 18.0 Å². The van der Waals surface area contributed by atoms with Crippen LogP contribution in [-0.2, 0) is 6.18 Å². The van der Waals surface area contributed by atoms with E-state index in [1.54, 1.807) is 24.3 Å². The largest absolute Gasteiger partial charge is 0.417 e. The molecule has 0 aliphatic rings. The molecule has 0 spiro atoms. The summed E-state index contributed by atoms with van der Waals surface area (Å²) in [6, 6.07) is 10.0. The fraction of sp³-hybridized carbons (Fsp3) is 0.125. The van der Waals surface area contributed by atoms with Crippen LogP contribution in [0.25, 0.3) is 0 Å². The molecule has 2 rings (SSSR count). The van der Waals surface area contributed by atoms with Gasteiger partial charge >= 0.3 is 6.18 Å². The molecule has 2 aromatic rings. The zero-order chi connectivity index (χ0) is 17.9.